The van der Waals surface area contributed by atoms with Gasteiger partial charge in [-0.15, -0.1) is 9.73 Å². The number of nitrogens with one attached hydrogen (secondary N) is 3. The van der Waals surface area contributed by atoms with Crippen molar-refractivity contribution in [1.29, 1.82) is 0 Å². The summed E-state index contributed by atoms with van der Waals surface area (Å²) >= 11 is 6.45. The van der Waals surface area contributed by atoms with Gasteiger partial charge in [-0.05, 0) is 5.56 Å². The molecule has 2 amide bonds. The lowest BCUT2D eigenvalue weighted by Gasteiger charge is -2.14. The minimum absolute atomic E-state index is 0.148. The number of aromatic amines is 1. The van der Waals surface area contributed by atoms with Crippen molar-refractivity contribution in [2.45, 2.75) is 32.7 Å². The number of hydrogen-bond donors (Lipinski definition) is 3. The van der Waals surface area contributed by atoms with E-state index in [2.05, 4.69) is 46.6 Å². The zero-order valence-corrected chi connectivity index (χ0v) is 15.4. The van der Waals surface area contributed by atoms with Crippen LogP contribution in [0.5, 0.6) is 0 Å². The first-order valence-electron chi connectivity index (χ1n) is 7.99. The van der Waals surface area contributed by atoms with E-state index in [1.54, 1.807) is 11.7 Å². The summed E-state index contributed by atoms with van der Waals surface area (Å²) in [5, 5.41) is 14.8. The van der Waals surface area contributed by atoms with Gasteiger partial charge in [0.05, 0.1) is 5.69 Å². The summed E-state index contributed by atoms with van der Waals surface area (Å²) in [5.41, 5.74) is 3.27. The van der Waals surface area contributed by atoms with E-state index in [9.17, 15) is 4.79 Å². The van der Waals surface area contributed by atoms with E-state index in [1.165, 1.54) is 0 Å². The van der Waals surface area contributed by atoms with Crippen LogP contribution in [0.15, 0.2) is 24.3 Å². The zero-order chi connectivity index (χ0) is 18.2. The van der Waals surface area contributed by atoms with E-state index in [-0.39, 0.29) is 11.4 Å². The van der Waals surface area contributed by atoms with Crippen LogP contribution in [0.1, 0.15) is 32.0 Å². The van der Waals surface area contributed by atoms with Crippen LogP contribution in [0.25, 0.3) is 17.0 Å². The van der Waals surface area contributed by atoms with E-state index in [1.807, 2.05) is 24.3 Å². The molecule has 0 aliphatic carbocycles. The Labute approximate surface area is 150 Å². The molecular formula is C17H21ClN6O. The van der Waals surface area contributed by atoms with Crippen molar-refractivity contribution in [2.24, 2.45) is 0 Å². The summed E-state index contributed by atoms with van der Waals surface area (Å²) in [7, 11) is 1.59. The second-order valence-corrected chi connectivity index (χ2v) is 7.23. The summed E-state index contributed by atoms with van der Waals surface area (Å²) in [5.74, 6) is 0.690. The van der Waals surface area contributed by atoms with E-state index in [0.29, 0.717) is 23.0 Å². The number of rotatable bonds is 3. The van der Waals surface area contributed by atoms with Crippen molar-refractivity contribution in [3.63, 3.8) is 0 Å². The van der Waals surface area contributed by atoms with Crippen molar-refractivity contribution in [1.82, 2.24) is 30.4 Å². The highest BCUT2D eigenvalue weighted by atomic mass is 35.5. The number of H-pyrrole nitrogens is 1. The van der Waals surface area contributed by atoms with Crippen LogP contribution in [0.4, 0.5) is 4.79 Å². The van der Waals surface area contributed by atoms with Crippen LogP contribution >= 0.6 is 11.6 Å². The third-order valence-electron chi connectivity index (χ3n) is 3.86. The molecule has 25 heavy (non-hydrogen) atoms. The molecule has 0 aliphatic heterocycles. The zero-order valence-electron chi connectivity index (χ0n) is 14.6. The first kappa shape index (κ1) is 17.3. The van der Waals surface area contributed by atoms with Gasteiger partial charge in [0.25, 0.3) is 0 Å². The van der Waals surface area contributed by atoms with Gasteiger partial charge < -0.3 is 15.6 Å². The minimum Gasteiger partial charge on any atom is -0.341 e. The molecule has 8 heteroatoms. The molecule has 7 nitrogen and oxygen atoms in total. The maximum absolute atomic E-state index is 11.2. The average Bonchev–Trinajstić information content (AvgIpc) is 3.12. The smallest absolute Gasteiger partial charge is 0.314 e. The minimum atomic E-state index is -0.208. The van der Waals surface area contributed by atoms with Gasteiger partial charge in [0.2, 0.25) is 0 Å². The van der Waals surface area contributed by atoms with Crippen LogP contribution < -0.4 is 10.6 Å². The molecule has 3 N–H and O–H groups in total. The van der Waals surface area contributed by atoms with Crippen LogP contribution in [-0.4, -0.2) is 32.9 Å². The number of amides is 2. The third-order valence-corrected chi connectivity index (χ3v) is 4.22. The van der Waals surface area contributed by atoms with Crippen molar-refractivity contribution >= 4 is 23.3 Å². The predicted molar refractivity (Wildman–Crippen MR) is 97.8 cm³/mol. The molecule has 0 atom stereocenters. The second kappa shape index (κ2) is 6.40. The van der Waals surface area contributed by atoms with Crippen molar-refractivity contribution in [2.75, 3.05) is 7.05 Å². The normalized spacial score (nSPS) is 11.7. The Kier molecular flexibility index (Phi) is 4.43. The molecule has 0 fully saturated rings. The lowest BCUT2D eigenvalue weighted by atomic mass is 9.92. The number of carbonyl (C=O) groups is 1. The molecule has 1 aromatic carbocycles. The maximum Gasteiger partial charge on any atom is 0.314 e. The molecule has 2 heterocycles. The molecule has 0 unspecified atom stereocenters. The van der Waals surface area contributed by atoms with E-state index in [0.717, 1.165) is 16.8 Å². The molecule has 0 aliphatic rings. The molecule has 0 radical (unpaired) electrons. The number of hydrogen-bond acceptors (Lipinski definition) is 3. The van der Waals surface area contributed by atoms with Gasteiger partial charge >= 0.3 is 6.03 Å². The highest BCUT2D eigenvalue weighted by Crippen LogP contribution is 2.31. The van der Waals surface area contributed by atoms with Crippen LogP contribution in [-0.2, 0) is 12.0 Å². The van der Waals surface area contributed by atoms with Crippen LogP contribution in [0.3, 0.4) is 0 Å². The number of urea groups is 1. The fourth-order valence-electron chi connectivity index (χ4n) is 2.46. The number of nitrogens with zero attached hydrogens (tertiary/aromatic N) is 3. The monoisotopic (exact) mass is 360 g/mol. The van der Waals surface area contributed by atoms with Gasteiger partial charge in [0.1, 0.15) is 5.02 Å². The van der Waals surface area contributed by atoms with Crippen molar-refractivity contribution < 1.29 is 4.79 Å². The van der Waals surface area contributed by atoms with Gasteiger partial charge in [-0.25, -0.2) is 4.79 Å². The number of benzene rings is 1. The second-order valence-electron chi connectivity index (χ2n) is 6.85. The van der Waals surface area contributed by atoms with Gasteiger partial charge in [-0.3, -0.25) is 0 Å². The predicted octanol–water partition coefficient (Wildman–Crippen LogP) is 3.10. The van der Waals surface area contributed by atoms with Gasteiger partial charge in [0.15, 0.2) is 11.5 Å². The standard InChI is InChI=1S/C17H21ClN6O/c1-17(2,3)13-12(18)15-21-14(23-24(15)22-13)11-7-5-10(6-8-11)9-20-16(25)19-4/h5-8H,9H2,1-4H3,(H,21,23)(H2,19,20,25). The van der Waals surface area contributed by atoms with Crippen LogP contribution in [0.2, 0.25) is 5.02 Å². The molecule has 3 aromatic rings. The fourth-order valence-corrected chi connectivity index (χ4v) is 2.90. The molecule has 132 valence electrons. The van der Waals surface area contributed by atoms with Crippen molar-refractivity contribution in [3.05, 3.63) is 40.5 Å². The number of fused-ring (bicyclic) bond motifs is 1. The highest BCUT2D eigenvalue weighted by molar-refractivity contribution is 6.34. The average molecular weight is 361 g/mol. The first-order valence-corrected chi connectivity index (χ1v) is 8.37. The summed E-state index contributed by atoms with van der Waals surface area (Å²) in [6.45, 7) is 6.65. The molecule has 2 aromatic heterocycles. The fraction of sp³-hybridized carbons (Fsp3) is 0.353. The lowest BCUT2D eigenvalue weighted by molar-refractivity contribution is 0.242. The Morgan fingerprint density at radius 3 is 2.48 bits per heavy atom. The SMILES string of the molecule is CNC(=O)NCc1ccc(-c2nn3nc(C(C)(C)C)c(Cl)c3[nH]2)cc1. The Bertz CT molecular complexity index is 904. The Morgan fingerprint density at radius 2 is 1.92 bits per heavy atom. The highest BCUT2D eigenvalue weighted by Gasteiger charge is 2.25. The van der Waals surface area contributed by atoms with Gasteiger partial charge in [-0.1, -0.05) is 56.6 Å². The summed E-state index contributed by atoms with van der Waals surface area (Å²) in [6.07, 6.45) is 0. The number of carbonyl (C=O) groups excluding carboxylic acids is 1. The molecule has 0 saturated carbocycles. The summed E-state index contributed by atoms with van der Waals surface area (Å²) in [6, 6.07) is 7.56. The molecule has 0 spiro atoms. The summed E-state index contributed by atoms with van der Waals surface area (Å²) < 4.78 is 1.54. The van der Waals surface area contributed by atoms with Gasteiger partial charge in [0, 0.05) is 24.6 Å². The third kappa shape index (κ3) is 3.46. The van der Waals surface area contributed by atoms with Gasteiger partial charge in [-0.2, -0.15) is 5.10 Å². The lowest BCUT2D eigenvalue weighted by Crippen LogP contribution is -2.32. The Hall–Kier alpha value is -2.54. The number of aromatic nitrogens is 4. The van der Waals surface area contributed by atoms with Crippen LogP contribution in [0, 0.1) is 0 Å². The Balaban J connectivity index is 1.83. The maximum atomic E-state index is 11.2. The van der Waals surface area contributed by atoms with E-state index in [4.69, 9.17) is 11.6 Å². The molecule has 3 rings (SSSR count). The topological polar surface area (TPSA) is 87.1 Å². The number of halogens is 1. The molecule has 0 saturated heterocycles. The first-order chi connectivity index (χ1) is 11.8. The Morgan fingerprint density at radius 1 is 1.24 bits per heavy atom. The van der Waals surface area contributed by atoms with E-state index < -0.39 is 0 Å². The van der Waals surface area contributed by atoms with Crippen molar-refractivity contribution in [3.8, 4) is 11.4 Å². The summed E-state index contributed by atoms with van der Waals surface area (Å²) in [4.78, 5) is 14.4. The quantitative estimate of drug-likeness (QED) is 0.670. The molecular weight excluding hydrogens is 340 g/mol. The largest absolute Gasteiger partial charge is 0.341 e. The molecule has 0 bridgehead atoms. The van der Waals surface area contributed by atoms with E-state index >= 15 is 0 Å².